The summed E-state index contributed by atoms with van der Waals surface area (Å²) in [4.78, 5) is 15.8. The number of benzene rings is 1. The van der Waals surface area contributed by atoms with Crippen molar-refractivity contribution in [1.82, 2.24) is 4.90 Å². The fourth-order valence-electron chi connectivity index (χ4n) is 4.47. The first-order valence-electron chi connectivity index (χ1n) is 11.6. The second-order valence-electron chi connectivity index (χ2n) is 8.96. The highest BCUT2D eigenvalue weighted by molar-refractivity contribution is 8.13. The second kappa shape index (κ2) is 10.5. The topological polar surface area (TPSA) is 47.7 Å². The van der Waals surface area contributed by atoms with Gasteiger partial charge in [0, 0.05) is 44.5 Å². The minimum absolute atomic E-state index is 0.109. The van der Waals surface area contributed by atoms with E-state index in [9.17, 15) is 9.90 Å². The molecule has 1 amide bonds. The number of thioether (sulfide) groups is 1. The largest absolute Gasteiger partial charge is 0.393 e. The molecule has 1 N–H and O–H groups in total. The molecule has 1 aliphatic carbocycles. The number of aliphatic hydroxyl groups excluding tert-OH is 1. The van der Waals surface area contributed by atoms with Crippen molar-refractivity contribution in [3.8, 4) is 0 Å². The molecule has 2 aliphatic rings. The third-order valence-electron chi connectivity index (χ3n) is 6.34. The number of nitrogens with zero attached hydrogens (tertiary/aromatic N) is 3. The van der Waals surface area contributed by atoms with Crippen LogP contribution in [0.15, 0.2) is 42.7 Å². The van der Waals surface area contributed by atoms with Gasteiger partial charge in [0.1, 0.15) is 0 Å². The van der Waals surface area contributed by atoms with E-state index in [1.807, 2.05) is 0 Å². The van der Waals surface area contributed by atoms with E-state index in [-0.39, 0.29) is 11.3 Å². The van der Waals surface area contributed by atoms with Crippen molar-refractivity contribution in [2.45, 2.75) is 44.8 Å². The number of aromatic nitrogens is 1. The molecule has 170 valence electrons. The smallest absolute Gasteiger partial charge is 0.281 e. The number of allylic oxidation sites excluding steroid dienone is 1. The Bertz CT molecular complexity index is 964. The molecule has 32 heavy (non-hydrogen) atoms. The molecule has 1 aromatic heterocycles. The van der Waals surface area contributed by atoms with Crippen molar-refractivity contribution >= 4 is 34.3 Å². The number of pyridine rings is 1. The Morgan fingerprint density at radius 2 is 1.94 bits per heavy atom. The molecule has 4 rings (SSSR count). The van der Waals surface area contributed by atoms with Crippen molar-refractivity contribution in [3.05, 3.63) is 59.4 Å². The summed E-state index contributed by atoms with van der Waals surface area (Å²) in [6, 6.07) is 11.1. The number of rotatable bonds is 5. The maximum absolute atomic E-state index is 11.8. The minimum atomic E-state index is -0.139. The van der Waals surface area contributed by atoms with Crippen LogP contribution in [0.5, 0.6) is 0 Å². The van der Waals surface area contributed by atoms with Crippen LogP contribution in [0, 0.1) is 0 Å². The lowest BCUT2D eigenvalue weighted by Gasteiger charge is -2.31. The number of carbonyl (C=O) groups is 1. The standard InChI is InChI=1S/C26H34N3O2S/c1-27(2)26(31)32-17-16-28-13-12-25-21(4-3-5-22(25)19-28)18-20-6-8-23(9-7-20)29-14-10-24(30)11-15-29/h6-9,12-13,18-19,24,30H,3-5,10-11,14-17H2,1-2H3/q+1. The van der Waals surface area contributed by atoms with E-state index in [1.54, 1.807) is 19.0 Å². The fraction of sp³-hybridized carbons (Fsp3) is 0.462. The molecule has 0 radical (unpaired) electrons. The lowest BCUT2D eigenvalue weighted by atomic mass is 9.87. The predicted octanol–water partition coefficient (Wildman–Crippen LogP) is 4.23. The number of hydrogen-bond donors (Lipinski definition) is 1. The maximum atomic E-state index is 11.8. The molecule has 1 saturated heterocycles. The normalized spacial score (nSPS) is 18.0. The average Bonchev–Trinajstić information content (AvgIpc) is 2.80. The molecule has 1 aromatic carbocycles. The molecular formula is C26H34N3O2S+. The molecule has 0 unspecified atom stereocenters. The van der Waals surface area contributed by atoms with Gasteiger partial charge >= 0.3 is 0 Å². The zero-order valence-corrected chi connectivity index (χ0v) is 20.0. The third kappa shape index (κ3) is 5.73. The van der Waals surface area contributed by atoms with Gasteiger partial charge in [0.25, 0.3) is 5.24 Å². The monoisotopic (exact) mass is 452 g/mol. The fourth-order valence-corrected chi connectivity index (χ4v) is 5.20. The zero-order chi connectivity index (χ0) is 22.5. The van der Waals surface area contributed by atoms with Crippen LogP contribution >= 0.6 is 11.8 Å². The van der Waals surface area contributed by atoms with Gasteiger partial charge in [-0.2, -0.15) is 0 Å². The van der Waals surface area contributed by atoms with E-state index in [1.165, 1.54) is 46.1 Å². The number of fused-ring (bicyclic) bond motifs is 1. The first kappa shape index (κ1) is 22.9. The molecule has 5 nitrogen and oxygen atoms in total. The molecule has 0 spiro atoms. The highest BCUT2D eigenvalue weighted by atomic mass is 32.2. The van der Waals surface area contributed by atoms with E-state index in [0.29, 0.717) is 0 Å². The summed E-state index contributed by atoms with van der Waals surface area (Å²) in [5.41, 5.74) is 6.65. The van der Waals surface area contributed by atoms with Gasteiger partial charge in [0.15, 0.2) is 18.9 Å². The second-order valence-corrected chi connectivity index (χ2v) is 10.0. The quantitative estimate of drug-likeness (QED) is 0.690. The van der Waals surface area contributed by atoms with Crippen LogP contribution in [0.25, 0.3) is 11.6 Å². The number of anilines is 1. The first-order chi connectivity index (χ1) is 15.5. The zero-order valence-electron chi connectivity index (χ0n) is 19.2. The molecular weight excluding hydrogens is 418 g/mol. The Hall–Kier alpha value is -2.31. The molecule has 6 heteroatoms. The van der Waals surface area contributed by atoms with E-state index in [0.717, 1.165) is 51.1 Å². The lowest BCUT2D eigenvalue weighted by molar-refractivity contribution is -0.692. The van der Waals surface area contributed by atoms with Crippen molar-refractivity contribution in [1.29, 1.82) is 0 Å². The summed E-state index contributed by atoms with van der Waals surface area (Å²) >= 11 is 1.37. The lowest BCUT2D eigenvalue weighted by Crippen LogP contribution is -2.36. The minimum Gasteiger partial charge on any atom is -0.393 e. The van der Waals surface area contributed by atoms with Gasteiger partial charge in [0.05, 0.1) is 11.9 Å². The van der Waals surface area contributed by atoms with E-state index < -0.39 is 0 Å². The summed E-state index contributed by atoms with van der Waals surface area (Å²) in [5.74, 6) is 0.783. The number of hydrogen-bond acceptors (Lipinski definition) is 4. The van der Waals surface area contributed by atoms with Crippen LogP contribution in [0.1, 0.15) is 42.4 Å². The van der Waals surface area contributed by atoms with Crippen molar-refractivity contribution in [3.63, 3.8) is 0 Å². The Morgan fingerprint density at radius 3 is 2.66 bits per heavy atom. The number of amides is 1. The number of aliphatic hydroxyl groups is 1. The van der Waals surface area contributed by atoms with E-state index in [4.69, 9.17) is 0 Å². The Labute approximate surface area is 195 Å². The highest BCUT2D eigenvalue weighted by Crippen LogP contribution is 2.32. The van der Waals surface area contributed by atoms with Crippen molar-refractivity contribution in [2.75, 3.05) is 37.8 Å². The van der Waals surface area contributed by atoms with Gasteiger partial charge in [-0.15, -0.1) is 0 Å². The highest BCUT2D eigenvalue weighted by Gasteiger charge is 2.19. The first-order valence-corrected chi connectivity index (χ1v) is 12.6. The SMILES string of the molecule is CN(C)C(=O)SCC[n+]1ccc2c(c1)CCC/C2=C\c1ccc(N2CCC(O)CC2)cc1. The Kier molecular flexibility index (Phi) is 7.53. The van der Waals surface area contributed by atoms with Gasteiger partial charge in [-0.05, 0) is 60.9 Å². The number of piperidine rings is 1. The molecule has 0 saturated carbocycles. The molecule has 2 aromatic rings. The summed E-state index contributed by atoms with van der Waals surface area (Å²) in [7, 11) is 3.59. The summed E-state index contributed by atoms with van der Waals surface area (Å²) in [6.07, 6.45) is 11.7. The Balaban J connectivity index is 1.42. The van der Waals surface area contributed by atoms with Crippen LogP contribution in [0.4, 0.5) is 10.5 Å². The molecule has 1 aliphatic heterocycles. The summed E-state index contributed by atoms with van der Waals surface area (Å²) in [5, 5.41) is 9.84. The molecule has 1 fully saturated rings. The van der Waals surface area contributed by atoms with Crippen LogP contribution < -0.4 is 9.47 Å². The van der Waals surface area contributed by atoms with E-state index in [2.05, 4.69) is 58.3 Å². The van der Waals surface area contributed by atoms with Gasteiger partial charge < -0.3 is 14.9 Å². The molecule has 0 atom stereocenters. The summed E-state index contributed by atoms with van der Waals surface area (Å²) < 4.78 is 2.21. The molecule has 2 heterocycles. The van der Waals surface area contributed by atoms with Gasteiger partial charge in [-0.3, -0.25) is 4.79 Å². The summed E-state index contributed by atoms with van der Waals surface area (Å²) in [6.45, 7) is 2.69. The van der Waals surface area contributed by atoms with Crippen LogP contribution in [0.3, 0.4) is 0 Å². The predicted molar refractivity (Wildman–Crippen MR) is 133 cm³/mol. The van der Waals surface area contributed by atoms with Crippen molar-refractivity contribution < 1.29 is 14.5 Å². The number of carbonyl (C=O) groups excluding carboxylic acids is 1. The third-order valence-corrected chi connectivity index (χ3v) is 7.34. The van der Waals surface area contributed by atoms with Gasteiger partial charge in [-0.1, -0.05) is 30.0 Å². The van der Waals surface area contributed by atoms with E-state index >= 15 is 0 Å². The average molecular weight is 453 g/mol. The van der Waals surface area contributed by atoms with Crippen molar-refractivity contribution in [2.24, 2.45) is 0 Å². The van der Waals surface area contributed by atoms with Gasteiger partial charge in [-0.25, -0.2) is 4.57 Å². The van der Waals surface area contributed by atoms with Gasteiger partial charge in [0.2, 0.25) is 0 Å². The number of aryl methyl sites for hydroxylation is 2. The van der Waals surface area contributed by atoms with Crippen LogP contribution in [0.2, 0.25) is 0 Å². The Morgan fingerprint density at radius 1 is 1.19 bits per heavy atom. The van der Waals surface area contributed by atoms with Crippen LogP contribution in [-0.4, -0.2) is 54.3 Å². The molecule has 0 bridgehead atoms. The maximum Gasteiger partial charge on any atom is 0.281 e. The van der Waals surface area contributed by atoms with Crippen LogP contribution in [-0.2, 0) is 13.0 Å².